The lowest BCUT2D eigenvalue weighted by molar-refractivity contribution is -0.136. The van der Waals surface area contributed by atoms with E-state index in [0.717, 1.165) is 5.56 Å². The largest absolute Gasteiger partial charge is 0.481 e. The summed E-state index contributed by atoms with van der Waals surface area (Å²) in [7, 11) is 0. The molecule has 1 unspecified atom stereocenters. The number of hydrogen-bond acceptors (Lipinski definition) is 3. The Balaban J connectivity index is 2.38. The first-order valence-corrected chi connectivity index (χ1v) is 5.39. The maximum atomic E-state index is 10.7. The molecular weight excluding hydrogens is 230 g/mol. The molecule has 2 aromatic rings. The van der Waals surface area contributed by atoms with Crippen molar-refractivity contribution in [1.29, 1.82) is 5.26 Å². The predicted molar refractivity (Wildman–Crippen MR) is 63.8 cm³/mol. The van der Waals surface area contributed by atoms with Crippen LogP contribution < -0.4 is 0 Å². The van der Waals surface area contributed by atoms with Crippen LogP contribution in [0.5, 0.6) is 0 Å². The second-order valence-corrected chi connectivity index (χ2v) is 3.81. The van der Waals surface area contributed by atoms with Crippen LogP contribution in [-0.4, -0.2) is 20.6 Å². The van der Waals surface area contributed by atoms with E-state index in [9.17, 15) is 10.1 Å². The minimum absolute atomic E-state index is 0.148. The molecule has 18 heavy (non-hydrogen) atoms. The number of hydrogen-bond donors (Lipinski definition) is 1. The van der Waals surface area contributed by atoms with E-state index >= 15 is 0 Å². The van der Waals surface area contributed by atoms with Crippen molar-refractivity contribution in [3.63, 3.8) is 0 Å². The molecule has 0 aliphatic heterocycles. The van der Waals surface area contributed by atoms with Gasteiger partial charge < -0.3 is 9.67 Å². The zero-order valence-electron chi connectivity index (χ0n) is 9.52. The van der Waals surface area contributed by atoms with E-state index in [0.29, 0.717) is 5.69 Å². The standard InChI is InChI=1S/C13H11N3O2/c14-7-12(10-4-2-1-3-5-10)16-9-15-8-11(16)6-13(17)18/h1-5,8-9,12H,6H2,(H,17,18). The third-order valence-electron chi connectivity index (χ3n) is 2.59. The van der Waals surface area contributed by atoms with Crippen molar-refractivity contribution in [2.75, 3.05) is 0 Å². The zero-order chi connectivity index (χ0) is 13.0. The number of nitrogens with zero attached hydrogens (tertiary/aromatic N) is 3. The van der Waals surface area contributed by atoms with E-state index in [1.165, 1.54) is 12.5 Å². The van der Waals surface area contributed by atoms with Gasteiger partial charge in [-0.2, -0.15) is 5.26 Å². The highest BCUT2D eigenvalue weighted by molar-refractivity contribution is 5.69. The van der Waals surface area contributed by atoms with Crippen molar-refractivity contribution < 1.29 is 9.90 Å². The highest BCUT2D eigenvalue weighted by atomic mass is 16.4. The summed E-state index contributed by atoms with van der Waals surface area (Å²) in [4.78, 5) is 14.7. The Morgan fingerprint density at radius 1 is 1.44 bits per heavy atom. The third kappa shape index (κ3) is 2.38. The summed E-state index contributed by atoms with van der Waals surface area (Å²) in [5.41, 5.74) is 1.32. The molecule has 0 bridgehead atoms. The lowest BCUT2D eigenvalue weighted by atomic mass is 10.1. The van der Waals surface area contributed by atoms with Crippen molar-refractivity contribution in [3.05, 3.63) is 54.1 Å². The van der Waals surface area contributed by atoms with E-state index in [-0.39, 0.29) is 6.42 Å². The molecule has 0 aliphatic rings. The molecule has 0 spiro atoms. The van der Waals surface area contributed by atoms with Crippen LogP contribution in [0, 0.1) is 11.3 Å². The molecule has 1 N–H and O–H groups in total. The number of nitriles is 1. The van der Waals surface area contributed by atoms with E-state index < -0.39 is 12.0 Å². The SMILES string of the molecule is N#CC(c1ccccc1)n1cncc1CC(=O)O. The number of aliphatic carboxylic acids is 1. The van der Waals surface area contributed by atoms with Gasteiger partial charge in [0.25, 0.3) is 0 Å². The topological polar surface area (TPSA) is 78.9 Å². The van der Waals surface area contributed by atoms with Crippen LogP contribution in [0.3, 0.4) is 0 Å². The fraction of sp³-hybridized carbons (Fsp3) is 0.154. The maximum absolute atomic E-state index is 10.7. The molecule has 1 aromatic heterocycles. The van der Waals surface area contributed by atoms with Gasteiger partial charge in [0.1, 0.15) is 6.04 Å². The van der Waals surface area contributed by atoms with Gasteiger partial charge in [0.2, 0.25) is 0 Å². The molecule has 90 valence electrons. The van der Waals surface area contributed by atoms with Gasteiger partial charge in [0.05, 0.1) is 24.5 Å². The summed E-state index contributed by atoms with van der Waals surface area (Å²) in [6, 6.07) is 10.8. The summed E-state index contributed by atoms with van der Waals surface area (Å²) < 4.78 is 1.59. The van der Waals surface area contributed by atoms with E-state index in [1.54, 1.807) is 4.57 Å². The Bertz CT molecular complexity index is 584. The fourth-order valence-corrected chi connectivity index (χ4v) is 1.79. The average molecular weight is 241 g/mol. The number of carboxylic acids is 1. The molecule has 0 amide bonds. The molecule has 1 aromatic carbocycles. The smallest absolute Gasteiger partial charge is 0.309 e. The molecule has 5 heteroatoms. The van der Waals surface area contributed by atoms with Gasteiger partial charge in [-0.3, -0.25) is 4.79 Å². The van der Waals surface area contributed by atoms with E-state index in [2.05, 4.69) is 11.1 Å². The van der Waals surface area contributed by atoms with Crippen LogP contribution >= 0.6 is 0 Å². The Hall–Kier alpha value is -2.61. The molecule has 0 fully saturated rings. The van der Waals surface area contributed by atoms with Crippen LogP contribution in [0.2, 0.25) is 0 Å². The van der Waals surface area contributed by atoms with Crippen LogP contribution in [0.15, 0.2) is 42.9 Å². The number of benzene rings is 1. The summed E-state index contributed by atoms with van der Waals surface area (Å²) in [6.07, 6.45) is 2.81. The molecule has 0 saturated carbocycles. The van der Waals surface area contributed by atoms with E-state index in [1.807, 2.05) is 30.3 Å². The van der Waals surface area contributed by atoms with Crippen LogP contribution in [0.1, 0.15) is 17.3 Å². The molecule has 0 aliphatic carbocycles. The number of aromatic nitrogens is 2. The number of rotatable bonds is 4. The normalized spacial score (nSPS) is 11.7. The minimum atomic E-state index is -0.943. The number of carbonyl (C=O) groups is 1. The van der Waals surface area contributed by atoms with Crippen LogP contribution in [0.4, 0.5) is 0 Å². The lowest BCUT2D eigenvalue weighted by Gasteiger charge is -2.13. The monoisotopic (exact) mass is 241 g/mol. The van der Waals surface area contributed by atoms with Gasteiger partial charge in [0.15, 0.2) is 0 Å². The van der Waals surface area contributed by atoms with Crippen molar-refractivity contribution in [2.45, 2.75) is 12.5 Å². The van der Waals surface area contributed by atoms with Gasteiger partial charge in [-0.25, -0.2) is 4.98 Å². The maximum Gasteiger partial charge on any atom is 0.309 e. The molecule has 1 atom stereocenters. The Kier molecular flexibility index (Phi) is 3.39. The van der Waals surface area contributed by atoms with Gasteiger partial charge in [-0.15, -0.1) is 0 Å². The van der Waals surface area contributed by atoms with Gasteiger partial charge in [-0.05, 0) is 5.56 Å². The zero-order valence-corrected chi connectivity index (χ0v) is 9.52. The van der Waals surface area contributed by atoms with Crippen molar-refractivity contribution in [3.8, 4) is 6.07 Å². The Morgan fingerprint density at radius 3 is 2.78 bits per heavy atom. The van der Waals surface area contributed by atoms with Crippen molar-refractivity contribution >= 4 is 5.97 Å². The lowest BCUT2D eigenvalue weighted by Crippen LogP contribution is -2.13. The first-order chi connectivity index (χ1) is 8.72. The van der Waals surface area contributed by atoms with E-state index in [4.69, 9.17) is 5.11 Å². The molecule has 5 nitrogen and oxygen atoms in total. The molecule has 2 rings (SSSR count). The van der Waals surface area contributed by atoms with Gasteiger partial charge >= 0.3 is 5.97 Å². The predicted octanol–water partition coefficient (Wildman–Crippen LogP) is 1.62. The van der Waals surface area contributed by atoms with Crippen LogP contribution in [-0.2, 0) is 11.2 Å². The summed E-state index contributed by atoms with van der Waals surface area (Å²) in [5, 5.41) is 18.1. The molecule has 0 saturated heterocycles. The second kappa shape index (κ2) is 5.15. The van der Waals surface area contributed by atoms with Crippen LogP contribution in [0.25, 0.3) is 0 Å². The summed E-state index contributed by atoms with van der Waals surface area (Å²) >= 11 is 0. The highest BCUT2D eigenvalue weighted by Gasteiger charge is 2.16. The number of carboxylic acid groups (broad SMARTS) is 1. The average Bonchev–Trinajstić information content (AvgIpc) is 2.79. The molecule has 0 radical (unpaired) electrons. The second-order valence-electron chi connectivity index (χ2n) is 3.81. The number of imidazole rings is 1. The van der Waals surface area contributed by atoms with Crippen molar-refractivity contribution in [1.82, 2.24) is 9.55 Å². The minimum Gasteiger partial charge on any atom is -0.481 e. The fourth-order valence-electron chi connectivity index (χ4n) is 1.79. The quantitative estimate of drug-likeness (QED) is 0.882. The van der Waals surface area contributed by atoms with Gasteiger partial charge in [0, 0.05) is 6.20 Å². The highest BCUT2D eigenvalue weighted by Crippen LogP contribution is 2.19. The van der Waals surface area contributed by atoms with Gasteiger partial charge in [-0.1, -0.05) is 30.3 Å². The first-order valence-electron chi connectivity index (χ1n) is 5.39. The summed E-state index contributed by atoms with van der Waals surface area (Å²) in [6.45, 7) is 0. The third-order valence-corrected chi connectivity index (χ3v) is 2.59. The first kappa shape index (κ1) is 11.9. The van der Waals surface area contributed by atoms with Crippen molar-refractivity contribution in [2.24, 2.45) is 0 Å². The molecular formula is C13H11N3O2. The molecule has 1 heterocycles. The Labute approximate surface area is 104 Å². The Morgan fingerprint density at radius 2 is 2.17 bits per heavy atom. The summed E-state index contributed by atoms with van der Waals surface area (Å²) in [5.74, 6) is -0.943.